The lowest BCUT2D eigenvalue weighted by molar-refractivity contribution is 0.648. The van der Waals surface area contributed by atoms with E-state index >= 15 is 0 Å². The van der Waals surface area contributed by atoms with Gasteiger partial charge in [0.15, 0.2) is 0 Å². The fourth-order valence-electron chi connectivity index (χ4n) is 0.685. The van der Waals surface area contributed by atoms with Crippen LogP contribution in [-0.2, 0) is 0 Å². The molecule has 0 radical (unpaired) electrons. The minimum atomic E-state index is -0.0128. The van der Waals surface area contributed by atoms with E-state index < -0.39 is 0 Å². The highest BCUT2D eigenvalue weighted by Gasteiger charge is 2.02. The molecule has 0 aliphatic carbocycles. The fourth-order valence-corrected chi connectivity index (χ4v) is 0.685. The summed E-state index contributed by atoms with van der Waals surface area (Å²) in [6.07, 6.45) is 4.29. The number of aromatic nitrogens is 2. The minimum Gasteiger partial charge on any atom is -0.321 e. The molecule has 0 fully saturated rings. The molecule has 1 unspecified atom stereocenters. The van der Waals surface area contributed by atoms with Crippen LogP contribution in [0.3, 0.4) is 0 Å². The van der Waals surface area contributed by atoms with E-state index in [4.69, 9.17) is 5.73 Å². The highest BCUT2D eigenvalue weighted by Crippen LogP contribution is 2.04. The number of hydrogen-bond donors (Lipinski definition) is 1. The normalized spacial score (nSPS) is 13.0. The Kier molecular flexibility index (Phi) is 2.34. The molecule has 0 aliphatic heterocycles. The van der Waals surface area contributed by atoms with Crippen LogP contribution in [0.15, 0.2) is 18.5 Å². The molecule has 1 aromatic rings. The Balaban J connectivity index is 2.75. The van der Waals surface area contributed by atoms with Gasteiger partial charge in [-0.25, -0.2) is 9.97 Å². The van der Waals surface area contributed by atoms with E-state index in [0.29, 0.717) is 0 Å². The van der Waals surface area contributed by atoms with Crippen LogP contribution in [0.2, 0.25) is 0 Å². The van der Waals surface area contributed by atoms with E-state index in [1.807, 2.05) is 6.92 Å². The molecule has 0 aliphatic rings. The average Bonchev–Trinajstić information content (AvgIpc) is 2.05. The highest BCUT2D eigenvalue weighted by molar-refractivity contribution is 4.93. The van der Waals surface area contributed by atoms with Gasteiger partial charge in [-0.2, -0.15) is 0 Å². The molecule has 1 heterocycles. The Labute approximate surface area is 60.3 Å². The van der Waals surface area contributed by atoms with Crippen molar-refractivity contribution in [2.45, 2.75) is 19.4 Å². The zero-order valence-electron chi connectivity index (χ0n) is 5.99. The summed E-state index contributed by atoms with van der Waals surface area (Å²) in [5.74, 6) is 0.727. The van der Waals surface area contributed by atoms with E-state index in [1.165, 1.54) is 0 Å². The summed E-state index contributed by atoms with van der Waals surface area (Å²) in [4.78, 5) is 8.03. The van der Waals surface area contributed by atoms with E-state index in [2.05, 4.69) is 9.97 Å². The van der Waals surface area contributed by atoms with Crippen molar-refractivity contribution < 1.29 is 0 Å². The molecule has 3 nitrogen and oxygen atoms in total. The quantitative estimate of drug-likeness (QED) is 0.658. The molecule has 3 heteroatoms. The predicted molar refractivity (Wildman–Crippen MR) is 39.3 cm³/mol. The van der Waals surface area contributed by atoms with Gasteiger partial charge in [-0.1, -0.05) is 6.92 Å². The van der Waals surface area contributed by atoms with Gasteiger partial charge in [0, 0.05) is 12.4 Å². The number of nitrogens with zero attached hydrogens (tertiary/aromatic N) is 2. The summed E-state index contributed by atoms with van der Waals surface area (Å²) >= 11 is 0. The van der Waals surface area contributed by atoms with Gasteiger partial charge in [-0.3, -0.25) is 0 Å². The Morgan fingerprint density at radius 2 is 2.10 bits per heavy atom. The van der Waals surface area contributed by atoms with Gasteiger partial charge >= 0.3 is 0 Å². The summed E-state index contributed by atoms with van der Waals surface area (Å²) in [5, 5.41) is 0. The van der Waals surface area contributed by atoms with Crippen molar-refractivity contribution in [2.24, 2.45) is 5.73 Å². The number of rotatable bonds is 2. The molecule has 1 aromatic heterocycles. The molecule has 2 N–H and O–H groups in total. The van der Waals surface area contributed by atoms with Gasteiger partial charge in [0.05, 0.1) is 6.04 Å². The largest absolute Gasteiger partial charge is 0.321 e. The lowest BCUT2D eigenvalue weighted by Gasteiger charge is -2.04. The van der Waals surface area contributed by atoms with E-state index in [9.17, 15) is 0 Å². The van der Waals surface area contributed by atoms with Crippen LogP contribution in [0.5, 0.6) is 0 Å². The zero-order valence-corrected chi connectivity index (χ0v) is 5.99. The first kappa shape index (κ1) is 7.15. The third-order valence-corrected chi connectivity index (χ3v) is 1.36. The van der Waals surface area contributed by atoms with Crippen LogP contribution < -0.4 is 5.73 Å². The van der Waals surface area contributed by atoms with Crippen LogP contribution in [0.4, 0.5) is 0 Å². The van der Waals surface area contributed by atoms with Crippen LogP contribution in [0, 0.1) is 0 Å². The van der Waals surface area contributed by atoms with Gasteiger partial charge in [-0.05, 0) is 12.5 Å². The van der Waals surface area contributed by atoms with Gasteiger partial charge < -0.3 is 5.73 Å². The van der Waals surface area contributed by atoms with Gasteiger partial charge in [0.25, 0.3) is 0 Å². The van der Waals surface area contributed by atoms with Crippen molar-refractivity contribution in [2.75, 3.05) is 0 Å². The molecule has 0 saturated carbocycles. The monoisotopic (exact) mass is 137 g/mol. The standard InChI is InChI=1S/C7H11N3/c1-2-6(8)7-9-4-3-5-10-7/h3-6H,2,8H2,1H3. The second-order valence-electron chi connectivity index (χ2n) is 2.12. The highest BCUT2D eigenvalue weighted by atomic mass is 14.9. The SMILES string of the molecule is CCC(N)c1ncccn1. The predicted octanol–water partition coefficient (Wildman–Crippen LogP) is 0.886. The Bertz CT molecular complexity index is 185. The lowest BCUT2D eigenvalue weighted by Crippen LogP contribution is -2.11. The molecule has 0 spiro atoms. The maximum Gasteiger partial charge on any atom is 0.144 e. The molecular formula is C7H11N3. The number of nitrogens with two attached hydrogens (primary N) is 1. The first-order chi connectivity index (χ1) is 4.84. The average molecular weight is 137 g/mol. The molecule has 0 bridgehead atoms. The first-order valence-electron chi connectivity index (χ1n) is 3.37. The first-order valence-corrected chi connectivity index (χ1v) is 3.37. The van der Waals surface area contributed by atoms with Crippen LogP contribution >= 0.6 is 0 Å². The molecule has 54 valence electrons. The summed E-state index contributed by atoms with van der Waals surface area (Å²) in [6.45, 7) is 2.01. The Hall–Kier alpha value is -0.960. The van der Waals surface area contributed by atoms with Crippen LogP contribution in [-0.4, -0.2) is 9.97 Å². The molecule has 1 rings (SSSR count). The number of hydrogen-bond acceptors (Lipinski definition) is 3. The van der Waals surface area contributed by atoms with Gasteiger partial charge in [-0.15, -0.1) is 0 Å². The maximum absolute atomic E-state index is 5.67. The summed E-state index contributed by atoms with van der Waals surface area (Å²) in [6, 6.07) is 1.77. The molecule has 0 saturated heterocycles. The lowest BCUT2D eigenvalue weighted by atomic mass is 10.2. The van der Waals surface area contributed by atoms with Gasteiger partial charge in [0.2, 0.25) is 0 Å². The second kappa shape index (κ2) is 3.27. The molecular weight excluding hydrogens is 126 g/mol. The summed E-state index contributed by atoms with van der Waals surface area (Å²) in [5.41, 5.74) is 5.67. The molecule has 10 heavy (non-hydrogen) atoms. The van der Waals surface area contributed by atoms with Crippen molar-refractivity contribution in [3.05, 3.63) is 24.3 Å². The fraction of sp³-hybridized carbons (Fsp3) is 0.429. The molecule has 0 aromatic carbocycles. The zero-order chi connectivity index (χ0) is 7.40. The van der Waals surface area contributed by atoms with Crippen molar-refractivity contribution in [1.29, 1.82) is 0 Å². The summed E-state index contributed by atoms with van der Waals surface area (Å²) < 4.78 is 0. The topological polar surface area (TPSA) is 51.8 Å². The van der Waals surface area contributed by atoms with Crippen LogP contribution in [0.1, 0.15) is 25.2 Å². The summed E-state index contributed by atoms with van der Waals surface area (Å²) in [7, 11) is 0. The van der Waals surface area contributed by atoms with E-state index in [-0.39, 0.29) is 6.04 Å². The van der Waals surface area contributed by atoms with Crippen molar-refractivity contribution >= 4 is 0 Å². The van der Waals surface area contributed by atoms with E-state index in [1.54, 1.807) is 18.5 Å². The van der Waals surface area contributed by atoms with Crippen molar-refractivity contribution in [1.82, 2.24) is 9.97 Å². The van der Waals surface area contributed by atoms with Crippen molar-refractivity contribution in [3.63, 3.8) is 0 Å². The van der Waals surface area contributed by atoms with Crippen LogP contribution in [0.25, 0.3) is 0 Å². The van der Waals surface area contributed by atoms with Gasteiger partial charge in [0.1, 0.15) is 5.82 Å². The Morgan fingerprint density at radius 3 is 2.60 bits per heavy atom. The third-order valence-electron chi connectivity index (χ3n) is 1.36. The van der Waals surface area contributed by atoms with E-state index in [0.717, 1.165) is 12.2 Å². The molecule has 1 atom stereocenters. The van der Waals surface area contributed by atoms with Crippen molar-refractivity contribution in [3.8, 4) is 0 Å². The minimum absolute atomic E-state index is 0.0128. The Morgan fingerprint density at radius 1 is 1.50 bits per heavy atom. The second-order valence-corrected chi connectivity index (χ2v) is 2.12. The maximum atomic E-state index is 5.67. The third kappa shape index (κ3) is 1.51. The molecule has 0 amide bonds. The smallest absolute Gasteiger partial charge is 0.144 e.